The minimum Gasteiger partial charge on any atom is -0.387 e. The predicted molar refractivity (Wildman–Crippen MR) is 244 cm³/mol. The molecule has 2 N–H and O–H groups in total. The number of hydrogen-bond donors (Lipinski definition) is 2. The molecule has 2 aliphatic heterocycles. The summed E-state index contributed by atoms with van der Waals surface area (Å²) in [6, 6.07) is 12.4. The molecule has 1 aliphatic carbocycles. The maximum absolute atomic E-state index is 15.4. The van der Waals surface area contributed by atoms with Gasteiger partial charge in [0.05, 0.1) is 35.1 Å². The van der Waals surface area contributed by atoms with Crippen molar-refractivity contribution in [1.29, 1.82) is 0 Å². The van der Waals surface area contributed by atoms with Crippen LogP contribution in [0.2, 0.25) is 0 Å². The minimum atomic E-state index is -2.65. The SMILES string of the molecule is CCP(=O)(CC)c1ccc(-n2ccn(-c3c(-c4cc(C)c(F)c(C)c4)nn4c3[C@H](C)N(C(=O)c3nc5cc(C6CCOCC6)ccn5c3C3(c5noc(=O)[nH]5)CC3)CC4)c2=O)cc1NC. The van der Waals surface area contributed by atoms with Crippen LogP contribution in [0.15, 0.2) is 75.2 Å². The second-order valence-corrected chi connectivity index (χ2v) is 21.1. The number of anilines is 1. The Hall–Kier alpha value is -6.32. The molecule has 2 aromatic carbocycles. The molecule has 338 valence electrons. The number of fused-ring (bicyclic) bond motifs is 2. The number of aromatic amines is 1. The molecule has 1 saturated heterocycles. The first-order valence-electron chi connectivity index (χ1n) is 22.4. The number of pyridine rings is 1. The fourth-order valence-electron chi connectivity index (χ4n) is 10.2. The quantitative estimate of drug-likeness (QED) is 0.131. The molecule has 5 aromatic heterocycles. The number of amides is 1. The standard InChI is InChI=1S/C47H52FN10O6P/c1-7-65(62,8-2)35-10-9-33(26-34(35)49-6)55-17-18-57(46(55)61)41-38(32-23-27(3)37(48)28(4)24-32)52-58-20-19-54(29(5)40(41)58)43(59)39-42(47(14-15-47)44-51-45(60)64-53-44)56-16-11-31(25-36(56)50-39)30-12-21-63-22-13-30/h9-11,16-18,23-26,29-30,49H,7-8,12-15,19-22H2,1-6H3,(H,51,53,60)/t29-/m0/s1. The van der Waals surface area contributed by atoms with Gasteiger partial charge in [0, 0.05) is 74.3 Å². The molecule has 0 unspecified atom stereocenters. The zero-order chi connectivity index (χ0) is 45.5. The van der Waals surface area contributed by atoms with Crippen LogP contribution >= 0.6 is 7.14 Å². The average Bonchev–Trinajstić information content (AvgIpc) is 3.60. The minimum absolute atomic E-state index is 0.240. The number of nitrogens with zero attached hydrogens (tertiary/aromatic N) is 8. The summed E-state index contributed by atoms with van der Waals surface area (Å²) in [7, 11) is -0.876. The van der Waals surface area contributed by atoms with E-state index in [1.807, 2.05) is 60.3 Å². The molecule has 7 aromatic rings. The van der Waals surface area contributed by atoms with E-state index in [-0.39, 0.29) is 24.0 Å². The van der Waals surface area contributed by atoms with Gasteiger partial charge < -0.3 is 23.9 Å². The Morgan fingerprint density at radius 1 is 0.985 bits per heavy atom. The molecule has 0 radical (unpaired) electrons. The first-order chi connectivity index (χ1) is 31.3. The lowest BCUT2D eigenvalue weighted by atomic mass is 9.92. The number of aromatic nitrogens is 8. The number of H-pyrrole nitrogens is 1. The van der Waals surface area contributed by atoms with E-state index in [0.29, 0.717) is 113 Å². The van der Waals surface area contributed by atoms with Crippen molar-refractivity contribution in [3.8, 4) is 22.6 Å². The molecule has 1 atom stereocenters. The summed E-state index contributed by atoms with van der Waals surface area (Å²) in [5.41, 5.74) is 5.69. The molecule has 0 bridgehead atoms. The van der Waals surface area contributed by atoms with Gasteiger partial charge in [0.2, 0.25) is 0 Å². The second-order valence-electron chi connectivity index (χ2n) is 17.6. The number of imidazole rings is 2. The number of nitrogens with one attached hydrogen (secondary N) is 2. The number of benzene rings is 2. The largest absolute Gasteiger partial charge is 0.438 e. The van der Waals surface area contributed by atoms with Crippen molar-refractivity contribution in [3.63, 3.8) is 0 Å². The molecule has 65 heavy (non-hydrogen) atoms. The number of ether oxygens (including phenoxy) is 1. The highest BCUT2D eigenvalue weighted by atomic mass is 31.2. The van der Waals surface area contributed by atoms with E-state index < -0.39 is 30.0 Å². The second kappa shape index (κ2) is 16.0. The number of hydrogen-bond acceptors (Lipinski definition) is 10. The normalized spacial score (nSPS) is 17.5. The molecule has 16 nitrogen and oxygen atoms in total. The Morgan fingerprint density at radius 2 is 1.71 bits per heavy atom. The Bertz CT molecular complexity index is 3170. The maximum Gasteiger partial charge on any atom is 0.438 e. The predicted octanol–water partition coefficient (Wildman–Crippen LogP) is 6.83. The summed E-state index contributed by atoms with van der Waals surface area (Å²) < 4.78 is 46.4. The lowest BCUT2D eigenvalue weighted by Crippen LogP contribution is -2.42. The van der Waals surface area contributed by atoms with Crippen molar-refractivity contribution in [1.82, 2.24) is 43.3 Å². The van der Waals surface area contributed by atoms with Gasteiger partial charge in [-0.3, -0.25) is 28.1 Å². The molecule has 2 fully saturated rings. The fraction of sp³-hybridized carbons (Fsp3) is 0.404. The van der Waals surface area contributed by atoms with Gasteiger partial charge in [0.25, 0.3) is 5.91 Å². The summed E-state index contributed by atoms with van der Waals surface area (Å²) in [4.78, 5) is 52.1. The fourth-order valence-corrected chi connectivity index (χ4v) is 12.2. The van der Waals surface area contributed by atoms with Gasteiger partial charge in [-0.05, 0) is 112 Å². The van der Waals surface area contributed by atoms with Crippen molar-refractivity contribution < 1.29 is 23.0 Å². The summed E-state index contributed by atoms with van der Waals surface area (Å²) >= 11 is 0. The van der Waals surface area contributed by atoms with Gasteiger partial charge in [0.1, 0.15) is 30.0 Å². The lowest BCUT2D eigenvalue weighted by molar-refractivity contribution is 0.0629. The molecule has 1 saturated carbocycles. The van der Waals surface area contributed by atoms with Crippen LogP contribution in [0.5, 0.6) is 0 Å². The summed E-state index contributed by atoms with van der Waals surface area (Å²) in [6.07, 6.45) is 9.36. The van der Waals surface area contributed by atoms with Crippen molar-refractivity contribution in [2.75, 3.05) is 44.4 Å². The van der Waals surface area contributed by atoms with Crippen molar-refractivity contribution >= 4 is 29.7 Å². The monoisotopic (exact) mass is 902 g/mol. The first-order valence-corrected chi connectivity index (χ1v) is 24.4. The van der Waals surface area contributed by atoms with Crippen LogP contribution in [-0.2, 0) is 21.3 Å². The Labute approximate surface area is 373 Å². The summed E-state index contributed by atoms with van der Waals surface area (Å²) in [5, 5.41) is 13.1. The van der Waals surface area contributed by atoms with Crippen molar-refractivity contribution in [2.24, 2.45) is 0 Å². The van der Waals surface area contributed by atoms with E-state index in [0.717, 1.165) is 23.7 Å². The van der Waals surface area contributed by atoms with E-state index in [9.17, 15) is 14.2 Å². The van der Waals surface area contributed by atoms with Crippen molar-refractivity contribution in [3.05, 3.63) is 128 Å². The zero-order valence-electron chi connectivity index (χ0n) is 37.4. The molecular formula is C47H52FN10O6P. The van der Waals surface area contributed by atoms with Crippen LogP contribution in [0.25, 0.3) is 28.3 Å². The van der Waals surface area contributed by atoms with Crippen LogP contribution in [0, 0.1) is 19.7 Å². The van der Waals surface area contributed by atoms with Crippen LogP contribution in [0.1, 0.15) is 103 Å². The Balaban J connectivity index is 1.10. The molecule has 3 aliphatic rings. The molecule has 18 heteroatoms. The number of halogens is 1. The van der Waals surface area contributed by atoms with Gasteiger partial charge in [-0.1, -0.05) is 19.0 Å². The number of carbonyl (C=O) groups is 1. The van der Waals surface area contributed by atoms with Gasteiger partial charge in [-0.15, -0.1) is 0 Å². The third-order valence-corrected chi connectivity index (χ3v) is 17.3. The third-order valence-electron chi connectivity index (χ3n) is 14.0. The molecule has 7 heterocycles. The van der Waals surface area contributed by atoms with Gasteiger partial charge in [0.15, 0.2) is 11.5 Å². The highest BCUT2D eigenvalue weighted by Gasteiger charge is 2.54. The van der Waals surface area contributed by atoms with Crippen molar-refractivity contribution in [2.45, 2.75) is 84.2 Å². The van der Waals surface area contributed by atoms with Gasteiger partial charge in [-0.2, -0.15) is 5.10 Å². The van der Waals surface area contributed by atoms with Crippen LogP contribution in [0.4, 0.5) is 10.1 Å². The summed E-state index contributed by atoms with van der Waals surface area (Å²) in [5.74, 6) is -0.681. The number of carbonyl (C=O) groups excluding carboxylic acids is 1. The van der Waals surface area contributed by atoms with E-state index >= 15 is 9.18 Å². The van der Waals surface area contributed by atoms with Gasteiger partial charge >= 0.3 is 11.4 Å². The van der Waals surface area contributed by atoms with Crippen LogP contribution in [0.3, 0.4) is 0 Å². The average molecular weight is 903 g/mol. The number of rotatable bonds is 11. The maximum atomic E-state index is 15.4. The lowest BCUT2D eigenvalue weighted by Gasteiger charge is -2.34. The van der Waals surface area contributed by atoms with E-state index in [1.165, 1.54) is 9.13 Å². The highest BCUT2D eigenvalue weighted by Crippen LogP contribution is 2.54. The van der Waals surface area contributed by atoms with Crippen LogP contribution in [-0.4, -0.2) is 88.4 Å². The van der Waals surface area contributed by atoms with Crippen LogP contribution < -0.4 is 22.1 Å². The summed E-state index contributed by atoms with van der Waals surface area (Å²) in [6.45, 7) is 11.1. The molecule has 0 spiro atoms. The van der Waals surface area contributed by atoms with E-state index in [4.69, 9.17) is 19.3 Å². The Kier molecular flexibility index (Phi) is 10.5. The van der Waals surface area contributed by atoms with E-state index in [1.54, 1.807) is 50.3 Å². The first kappa shape index (κ1) is 42.6. The Morgan fingerprint density at radius 3 is 2.37 bits per heavy atom. The molecule has 1 amide bonds. The zero-order valence-corrected chi connectivity index (χ0v) is 38.2. The topological polar surface area (TPSA) is 180 Å². The van der Waals surface area contributed by atoms with Gasteiger partial charge in [-0.25, -0.2) is 19.0 Å². The third kappa shape index (κ3) is 6.84. The molecule has 10 rings (SSSR count). The highest BCUT2D eigenvalue weighted by molar-refractivity contribution is 7.71. The molecular weight excluding hydrogens is 851 g/mol. The van der Waals surface area contributed by atoms with E-state index in [2.05, 4.69) is 21.5 Å². The smallest absolute Gasteiger partial charge is 0.387 e. The number of aryl methyl sites for hydroxylation is 2.